The molecule has 0 atom stereocenters. The predicted molar refractivity (Wildman–Crippen MR) is 125 cm³/mol. The van der Waals surface area contributed by atoms with Crippen LogP contribution < -0.4 is 9.30 Å². The summed E-state index contributed by atoms with van der Waals surface area (Å²) in [7, 11) is 2.13. The normalized spacial score (nSPS) is 11.5. The van der Waals surface area contributed by atoms with Gasteiger partial charge >= 0.3 is 0 Å². The Balaban J connectivity index is 1.67. The van der Waals surface area contributed by atoms with Crippen LogP contribution in [0.4, 0.5) is 0 Å². The third kappa shape index (κ3) is 3.76. The Hall–Kier alpha value is -3.33. The maximum Gasteiger partial charge on any atom is 0.212 e. The summed E-state index contributed by atoms with van der Waals surface area (Å²) in [5.41, 5.74) is 8.53. The van der Waals surface area contributed by atoms with Gasteiger partial charge in [-0.25, -0.2) is 0 Å². The zero-order valence-corrected chi connectivity index (χ0v) is 18.4. The molecular formula is C27H29N2O+. The van der Waals surface area contributed by atoms with Gasteiger partial charge in [0.05, 0.1) is 6.61 Å². The van der Waals surface area contributed by atoms with E-state index in [9.17, 15) is 0 Å². The molecule has 2 aromatic heterocycles. The first-order valence-electron chi connectivity index (χ1n) is 10.5. The van der Waals surface area contributed by atoms with Crippen LogP contribution in [0.15, 0.2) is 60.7 Å². The summed E-state index contributed by atoms with van der Waals surface area (Å²) in [5.74, 6) is 0.905. The Morgan fingerprint density at radius 2 is 1.67 bits per heavy atom. The van der Waals surface area contributed by atoms with E-state index in [-0.39, 0.29) is 0 Å². The number of aromatic nitrogens is 2. The Kier molecular flexibility index (Phi) is 5.45. The molecule has 0 aliphatic carbocycles. The van der Waals surface area contributed by atoms with E-state index < -0.39 is 0 Å². The highest BCUT2D eigenvalue weighted by molar-refractivity contribution is 5.78. The molecule has 0 saturated carbocycles. The van der Waals surface area contributed by atoms with Crippen LogP contribution in [0.2, 0.25) is 0 Å². The number of pyridine rings is 1. The number of ether oxygens (including phenoxy) is 1. The Morgan fingerprint density at radius 1 is 0.900 bits per heavy atom. The molecule has 3 heteroatoms. The molecule has 4 aromatic rings. The lowest BCUT2D eigenvalue weighted by Crippen LogP contribution is -2.32. The number of benzene rings is 2. The molecule has 2 heterocycles. The highest BCUT2D eigenvalue weighted by Gasteiger charge is 2.12. The molecule has 0 aliphatic heterocycles. The molecule has 2 aromatic carbocycles. The van der Waals surface area contributed by atoms with Crippen LogP contribution in [-0.4, -0.2) is 11.2 Å². The van der Waals surface area contributed by atoms with Crippen molar-refractivity contribution in [3.05, 3.63) is 88.9 Å². The summed E-state index contributed by atoms with van der Waals surface area (Å²) < 4.78 is 10.1. The van der Waals surface area contributed by atoms with Gasteiger partial charge in [0.2, 0.25) is 11.2 Å². The van der Waals surface area contributed by atoms with Crippen molar-refractivity contribution in [2.75, 3.05) is 6.61 Å². The molecule has 4 rings (SSSR count). The predicted octanol–water partition coefficient (Wildman–Crippen LogP) is 5.95. The van der Waals surface area contributed by atoms with Gasteiger partial charge in [-0.3, -0.25) is 0 Å². The third-order valence-electron chi connectivity index (χ3n) is 5.68. The van der Waals surface area contributed by atoms with E-state index in [4.69, 9.17) is 4.74 Å². The Morgan fingerprint density at radius 3 is 2.40 bits per heavy atom. The zero-order chi connectivity index (χ0) is 21.3. The highest BCUT2D eigenvalue weighted by atomic mass is 16.5. The van der Waals surface area contributed by atoms with E-state index in [1.54, 1.807) is 0 Å². The summed E-state index contributed by atoms with van der Waals surface area (Å²) in [5, 5.41) is 1.27. The second kappa shape index (κ2) is 8.19. The summed E-state index contributed by atoms with van der Waals surface area (Å²) in [6.07, 6.45) is 4.41. The molecule has 0 bridgehead atoms. The van der Waals surface area contributed by atoms with E-state index in [0.717, 1.165) is 11.4 Å². The Bertz CT molecular complexity index is 1230. The molecule has 30 heavy (non-hydrogen) atoms. The van der Waals surface area contributed by atoms with Gasteiger partial charge in [-0.15, -0.1) is 0 Å². The minimum Gasteiger partial charge on any atom is -0.494 e. The molecule has 0 amide bonds. The van der Waals surface area contributed by atoms with Crippen LogP contribution in [0.25, 0.3) is 28.7 Å². The number of fused-ring (bicyclic) bond motifs is 1. The largest absolute Gasteiger partial charge is 0.494 e. The summed E-state index contributed by atoms with van der Waals surface area (Å²) in [6.45, 7) is 9.14. The third-order valence-corrected chi connectivity index (χ3v) is 5.68. The van der Waals surface area contributed by atoms with Gasteiger partial charge in [-0.05, 0) is 81.8 Å². The average Bonchev–Trinajstić information content (AvgIpc) is 3.01. The monoisotopic (exact) mass is 397 g/mol. The zero-order valence-electron chi connectivity index (χ0n) is 18.4. The Labute approximate surface area is 178 Å². The fourth-order valence-electron chi connectivity index (χ4n) is 4.09. The lowest BCUT2D eigenvalue weighted by atomic mass is 10.1. The minimum atomic E-state index is 0.682. The van der Waals surface area contributed by atoms with Crippen LogP contribution in [0.1, 0.15) is 35.1 Å². The minimum absolute atomic E-state index is 0.682. The van der Waals surface area contributed by atoms with Crippen LogP contribution in [0.5, 0.6) is 5.75 Å². The van der Waals surface area contributed by atoms with Crippen molar-refractivity contribution in [3.8, 4) is 11.4 Å². The number of rotatable bonds is 5. The van der Waals surface area contributed by atoms with Gasteiger partial charge in [0, 0.05) is 40.7 Å². The fourth-order valence-corrected chi connectivity index (χ4v) is 4.09. The van der Waals surface area contributed by atoms with Crippen molar-refractivity contribution in [2.45, 2.75) is 27.7 Å². The number of nitrogens with zero attached hydrogens (tertiary/aromatic N) is 2. The number of aryl methyl sites for hydroxylation is 3. The quantitative estimate of drug-likeness (QED) is 0.381. The van der Waals surface area contributed by atoms with Gasteiger partial charge in [0.25, 0.3) is 0 Å². The van der Waals surface area contributed by atoms with Crippen molar-refractivity contribution < 1.29 is 9.30 Å². The molecule has 0 unspecified atom stereocenters. The molecule has 3 nitrogen and oxygen atoms in total. The first kappa shape index (κ1) is 20.0. The van der Waals surface area contributed by atoms with Crippen molar-refractivity contribution in [2.24, 2.45) is 7.05 Å². The van der Waals surface area contributed by atoms with Crippen LogP contribution in [0.3, 0.4) is 0 Å². The van der Waals surface area contributed by atoms with Gasteiger partial charge in [0.15, 0.2) is 0 Å². The smallest absolute Gasteiger partial charge is 0.212 e. The standard InChI is InChI=1S/C27H29N2O/c1-6-30-26-14-12-25(13-15-26)29-20(3)18-22(21(29)4)8-10-24-11-9-23-17-19(2)7-16-27(23)28(24)5/h7-18H,6H2,1-5H3/q+1. The maximum atomic E-state index is 5.58. The lowest BCUT2D eigenvalue weighted by molar-refractivity contribution is -0.646. The van der Waals surface area contributed by atoms with Crippen LogP contribution in [-0.2, 0) is 7.05 Å². The molecule has 0 N–H and O–H groups in total. The van der Waals surface area contributed by atoms with Crippen molar-refractivity contribution >= 4 is 23.1 Å². The van der Waals surface area contributed by atoms with Crippen molar-refractivity contribution in [1.82, 2.24) is 4.57 Å². The van der Waals surface area contributed by atoms with E-state index in [1.807, 2.05) is 19.1 Å². The molecule has 0 spiro atoms. The molecular weight excluding hydrogens is 368 g/mol. The lowest BCUT2D eigenvalue weighted by Gasteiger charge is -2.11. The van der Waals surface area contributed by atoms with Crippen LogP contribution >= 0.6 is 0 Å². The molecule has 152 valence electrons. The second-order valence-corrected chi connectivity index (χ2v) is 7.80. The van der Waals surface area contributed by atoms with Gasteiger partial charge in [0.1, 0.15) is 12.8 Å². The summed E-state index contributed by atoms with van der Waals surface area (Å²) >= 11 is 0. The van der Waals surface area contributed by atoms with Crippen molar-refractivity contribution in [1.29, 1.82) is 0 Å². The number of hydrogen-bond donors (Lipinski definition) is 0. The molecule has 0 saturated heterocycles. The fraction of sp³-hybridized carbons (Fsp3) is 0.222. The SMILES string of the molecule is CCOc1ccc(-n2c(C)cc(/C=C/c3ccc4cc(C)ccc4[n+]3C)c2C)cc1. The first-order valence-corrected chi connectivity index (χ1v) is 10.5. The first-order chi connectivity index (χ1) is 14.5. The van der Waals surface area contributed by atoms with Gasteiger partial charge in [-0.1, -0.05) is 11.6 Å². The van der Waals surface area contributed by atoms with E-state index >= 15 is 0 Å². The summed E-state index contributed by atoms with van der Waals surface area (Å²) in [4.78, 5) is 0. The van der Waals surface area contributed by atoms with E-state index in [1.165, 1.54) is 39.1 Å². The maximum absolute atomic E-state index is 5.58. The molecule has 0 fully saturated rings. The number of hydrogen-bond acceptors (Lipinski definition) is 1. The van der Waals surface area contributed by atoms with Gasteiger partial charge in [-0.2, -0.15) is 4.57 Å². The second-order valence-electron chi connectivity index (χ2n) is 7.80. The van der Waals surface area contributed by atoms with E-state index in [0.29, 0.717) is 6.61 Å². The van der Waals surface area contributed by atoms with Crippen molar-refractivity contribution in [3.63, 3.8) is 0 Å². The average molecular weight is 398 g/mol. The van der Waals surface area contributed by atoms with E-state index in [2.05, 4.69) is 97.6 Å². The highest BCUT2D eigenvalue weighted by Crippen LogP contribution is 2.24. The topological polar surface area (TPSA) is 18.0 Å². The summed E-state index contributed by atoms with van der Waals surface area (Å²) in [6, 6.07) is 21.5. The molecule has 0 aliphatic rings. The van der Waals surface area contributed by atoms with Gasteiger partial charge < -0.3 is 9.30 Å². The van der Waals surface area contributed by atoms with Crippen LogP contribution in [0, 0.1) is 20.8 Å². The molecule has 0 radical (unpaired) electrons.